The first kappa shape index (κ1) is 20.1. The summed E-state index contributed by atoms with van der Waals surface area (Å²) >= 11 is 0. The van der Waals surface area contributed by atoms with Gasteiger partial charge in [0.2, 0.25) is 17.7 Å². The summed E-state index contributed by atoms with van der Waals surface area (Å²) in [4.78, 5) is 53.9. The lowest BCUT2D eigenvalue weighted by Crippen LogP contribution is -2.32. The third-order valence-corrected chi connectivity index (χ3v) is 7.77. The molecule has 0 unspecified atom stereocenters. The molecule has 0 radical (unpaired) electrons. The average Bonchev–Trinajstić information content (AvgIpc) is 3.59. The summed E-state index contributed by atoms with van der Waals surface area (Å²) in [5.74, 6) is -0.625. The van der Waals surface area contributed by atoms with E-state index in [4.69, 9.17) is 4.74 Å². The summed E-state index contributed by atoms with van der Waals surface area (Å²) in [5.41, 5.74) is 1.28. The number of amides is 3. The molecule has 2 aliphatic carbocycles. The van der Waals surface area contributed by atoms with Crippen LogP contribution in [-0.4, -0.2) is 30.2 Å². The van der Waals surface area contributed by atoms with E-state index in [0.29, 0.717) is 23.3 Å². The van der Waals surface area contributed by atoms with E-state index in [0.717, 1.165) is 24.9 Å². The predicted octanol–water partition coefficient (Wildman–Crippen LogP) is 3.18. The fraction of sp³-hybridized carbons (Fsp3) is 0.385. The van der Waals surface area contributed by atoms with E-state index >= 15 is 0 Å². The maximum atomic E-state index is 13.0. The molecule has 168 valence electrons. The van der Waals surface area contributed by atoms with Crippen molar-refractivity contribution in [3.63, 3.8) is 0 Å². The van der Waals surface area contributed by atoms with E-state index in [1.807, 2.05) is 30.3 Å². The van der Waals surface area contributed by atoms with E-state index in [2.05, 4.69) is 0 Å². The summed E-state index contributed by atoms with van der Waals surface area (Å²) in [5, 5.41) is 0. The van der Waals surface area contributed by atoms with Crippen LogP contribution < -0.4 is 14.5 Å². The lowest BCUT2D eigenvalue weighted by molar-refractivity contribution is -0.139. The number of ether oxygens (including phenoxy) is 1. The fourth-order valence-corrected chi connectivity index (χ4v) is 6.25. The van der Waals surface area contributed by atoms with Crippen LogP contribution in [0.2, 0.25) is 0 Å². The molecule has 4 aliphatic rings. The second-order valence-electron chi connectivity index (χ2n) is 9.55. The molecule has 33 heavy (non-hydrogen) atoms. The SMILES string of the molecule is O=C(Oc1ccc(N2C(=O)[C@@H]3[C@@H]4CC[C@@H](C4)[C@@H]3C2=O)cc1)[C@H]1CC(=O)N(c2ccccc2)C1. The highest BCUT2D eigenvalue weighted by atomic mass is 16.5. The number of para-hydroxylation sites is 1. The molecular weight excluding hydrogens is 420 g/mol. The second-order valence-corrected chi connectivity index (χ2v) is 9.55. The average molecular weight is 444 g/mol. The van der Waals surface area contributed by atoms with Gasteiger partial charge in [0.05, 0.1) is 23.4 Å². The van der Waals surface area contributed by atoms with Gasteiger partial charge in [-0.1, -0.05) is 18.2 Å². The lowest BCUT2D eigenvalue weighted by Gasteiger charge is -2.19. The Bertz CT molecular complexity index is 1120. The molecule has 0 N–H and O–H groups in total. The van der Waals surface area contributed by atoms with Gasteiger partial charge in [0.15, 0.2) is 0 Å². The molecule has 2 aromatic carbocycles. The number of rotatable bonds is 4. The Morgan fingerprint density at radius 3 is 2.09 bits per heavy atom. The molecule has 7 nitrogen and oxygen atoms in total. The molecule has 2 bridgehead atoms. The van der Waals surface area contributed by atoms with Crippen molar-refractivity contribution in [1.29, 1.82) is 0 Å². The van der Waals surface area contributed by atoms with Crippen molar-refractivity contribution in [2.45, 2.75) is 25.7 Å². The molecule has 7 heteroatoms. The van der Waals surface area contributed by atoms with Crippen LogP contribution in [0.25, 0.3) is 0 Å². The highest BCUT2D eigenvalue weighted by Crippen LogP contribution is 2.56. The van der Waals surface area contributed by atoms with Crippen LogP contribution in [0.3, 0.4) is 0 Å². The molecule has 2 aromatic rings. The lowest BCUT2D eigenvalue weighted by atomic mass is 9.81. The van der Waals surface area contributed by atoms with E-state index < -0.39 is 11.9 Å². The van der Waals surface area contributed by atoms with Gasteiger partial charge in [0.25, 0.3) is 0 Å². The summed E-state index contributed by atoms with van der Waals surface area (Å²) in [7, 11) is 0. The van der Waals surface area contributed by atoms with Crippen molar-refractivity contribution in [3.8, 4) is 5.75 Å². The van der Waals surface area contributed by atoms with Crippen molar-refractivity contribution >= 4 is 35.1 Å². The normalized spacial score (nSPS) is 30.3. The number of fused-ring (bicyclic) bond motifs is 5. The van der Waals surface area contributed by atoms with E-state index in [-0.39, 0.29) is 42.5 Å². The monoisotopic (exact) mass is 444 g/mol. The number of carbonyl (C=O) groups excluding carboxylic acids is 4. The van der Waals surface area contributed by atoms with Crippen LogP contribution in [0.1, 0.15) is 25.7 Å². The Kier molecular flexibility index (Phi) is 4.60. The van der Waals surface area contributed by atoms with Crippen LogP contribution in [-0.2, 0) is 19.2 Å². The smallest absolute Gasteiger partial charge is 0.316 e. The first-order chi connectivity index (χ1) is 16.0. The zero-order valence-corrected chi connectivity index (χ0v) is 18.1. The van der Waals surface area contributed by atoms with E-state index in [9.17, 15) is 19.2 Å². The number of imide groups is 1. The maximum Gasteiger partial charge on any atom is 0.316 e. The molecule has 6 rings (SSSR count). The van der Waals surface area contributed by atoms with Crippen LogP contribution in [0.5, 0.6) is 5.75 Å². The van der Waals surface area contributed by atoms with Gasteiger partial charge in [0.1, 0.15) is 5.75 Å². The first-order valence-electron chi connectivity index (χ1n) is 11.6. The predicted molar refractivity (Wildman–Crippen MR) is 119 cm³/mol. The Morgan fingerprint density at radius 1 is 0.818 bits per heavy atom. The molecule has 2 aliphatic heterocycles. The topological polar surface area (TPSA) is 84.0 Å². The minimum atomic E-state index is -0.547. The Balaban J connectivity index is 1.13. The standard InChI is InChI=1S/C26H24N2O5/c29-21-13-17(14-27(21)18-4-2-1-3-5-18)26(32)33-20-10-8-19(9-11-20)28-24(30)22-15-6-7-16(12-15)23(22)25(28)31/h1-5,8-11,15-17,22-23H,6-7,12-14H2/t15-,16+,17-,22-,23+/m0/s1. The van der Waals surface area contributed by atoms with Crippen molar-refractivity contribution in [3.05, 3.63) is 54.6 Å². The van der Waals surface area contributed by atoms with Gasteiger partial charge in [-0.25, -0.2) is 0 Å². The number of nitrogens with zero attached hydrogens (tertiary/aromatic N) is 2. The van der Waals surface area contributed by atoms with Gasteiger partial charge >= 0.3 is 5.97 Å². The fourth-order valence-electron chi connectivity index (χ4n) is 6.25. The maximum absolute atomic E-state index is 13.0. The van der Waals surface area contributed by atoms with Gasteiger partial charge in [-0.3, -0.25) is 24.1 Å². The largest absolute Gasteiger partial charge is 0.426 e. The molecule has 2 saturated carbocycles. The van der Waals surface area contributed by atoms with E-state index in [1.54, 1.807) is 29.2 Å². The molecule has 0 aromatic heterocycles. The molecule has 2 heterocycles. The van der Waals surface area contributed by atoms with Crippen LogP contribution in [0, 0.1) is 29.6 Å². The van der Waals surface area contributed by atoms with Crippen LogP contribution >= 0.6 is 0 Å². The zero-order valence-electron chi connectivity index (χ0n) is 18.1. The van der Waals surface area contributed by atoms with Crippen molar-refractivity contribution in [2.24, 2.45) is 29.6 Å². The molecule has 3 amide bonds. The molecule has 0 spiro atoms. The Hall–Kier alpha value is -3.48. The number of benzene rings is 2. The van der Waals surface area contributed by atoms with Crippen molar-refractivity contribution < 1.29 is 23.9 Å². The number of hydrogen-bond donors (Lipinski definition) is 0. The number of carbonyl (C=O) groups is 4. The third-order valence-electron chi connectivity index (χ3n) is 7.77. The summed E-state index contributed by atoms with van der Waals surface area (Å²) in [6.45, 7) is 0.279. The highest BCUT2D eigenvalue weighted by Gasteiger charge is 2.61. The third kappa shape index (κ3) is 3.17. The minimum Gasteiger partial charge on any atom is -0.426 e. The molecule has 5 atom stereocenters. The van der Waals surface area contributed by atoms with Crippen LogP contribution in [0.4, 0.5) is 11.4 Å². The van der Waals surface area contributed by atoms with Crippen molar-refractivity contribution in [2.75, 3.05) is 16.3 Å². The Morgan fingerprint density at radius 2 is 1.45 bits per heavy atom. The summed E-state index contributed by atoms with van der Waals surface area (Å²) < 4.78 is 5.51. The minimum absolute atomic E-state index is 0.0904. The van der Waals surface area contributed by atoms with E-state index in [1.165, 1.54) is 4.90 Å². The first-order valence-corrected chi connectivity index (χ1v) is 11.6. The van der Waals surface area contributed by atoms with Crippen LogP contribution in [0.15, 0.2) is 54.6 Å². The molecular formula is C26H24N2O5. The van der Waals surface area contributed by atoms with Gasteiger partial charge in [-0.15, -0.1) is 0 Å². The quantitative estimate of drug-likeness (QED) is 0.411. The number of esters is 1. The van der Waals surface area contributed by atoms with Gasteiger partial charge in [0, 0.05) is 18.7 Å². The van der Waals surface area contributed by atoms with Gasteiger partial charge in [-0.05, 0) is 67.5 Å². The second kappa shape index (κ2) is 7.54. The summed E-state index contributed by atoms with van der Waals surface area (Å²) in [6.07, 6.45) is 3.19. The van der Waals surface area contributed by atoms with Gasteiger partial charge in [-0.2, -0.15) is 0 Å². The molecule has 4 fully saturated rings. The molecule has 2 saturated heterocycles. The summed E-state index contributed by atoms with van der Waals surface area (Å²) in [6, 6.07) is 15.8. The highest BCUT2D eigenvalue weighted by molar-refractivity contribution is 6.22. The van der Waals surface area contributed by atoms with Crippen molar-refractivity contribution in [1.82, 2.24) is 0 Å². The number of anilines is 2. The zero-order chi connectivity index (χ0) is 22.7. The Labute approximate surface area is 191 Å². The number of hydrogen-bond acceptors (Lipinski definition) is 5. The van der Waals surface area contributed by atoms with Gasteiger partial charge < -0.3 is 9.64 Å².